The second-order valence-electron chi connectivity index (χ2n) is 12.5. The fourth-order valence-corrected chi connectivity index (χ4v) is 7.08. The topological polar surface area (TPSA) is 154 Å². The van der Waals surface area contributed by atoms with Crippen LogP contribution in [0.1, 0.15) is 28.8 Å². The van der Waals surface area contributed by atoms with Gasteiger partial charge in [0.2, 0.25) is 17.7 Å². The summed E-state index contributed by atoms with van der Waals surface area (Å²) in [6.45, 7) is -0.102. The summed E-state index contributed by atoms with van der Waals surface area (Å²) in [5.41, 5.74) is 3.44. The predicted octanol–water partition coefficient (Wildman–Crippen LogP) is 3.37. The Morgan fingerprint density at radius 2 is 1.54 bits per heavy atom. The molecule has 4 N–H and O–H groups in total. The number of carboxylic acid groups (broad SMARTS) is 1. The van der Waals surface area contributed by atoms with Gasteiger partial charge in [-0.3, -0.25) is 19.2 Å². The van der Waals surface area contributed by atoms with Crippen molar-refractivity contribution in [3.8, 4) is 16.9 Å². The van der Waals surface area contributed by atoms with Gasteiger partial charge in [0.15, 0.2) is 6.61 Å². The minimum Gasteiger partial charge on any atom is -0.484 e. The molecule has 7 rings (SSSR count). The first-order chi connectivity index (χ1) is 24.2. The molecule has 2 bridgehead atoms. The molecule has 0 radical (unpaired) electrons. The van der Waals surface area contributed by atoms with E-state index in [1.165, 1.54) is 16.2 Å². The van der Waals surface area contributed by atoms with E-state index in [0.717, 1.165) is 21.6 Å². The Hall–Kier alpha value is -5.49. The van der Waals surface area contributed by atoms with Crippen LogP contribution in [0, 0.1) is 0 Å². The molecule has 1 aromatic heterocycles. The summed E-state index contributed by atoms with van der Waals surface area (Å²) in [4.78, 5) is 69.5. The van der Waals surface area contributed by atoms with Crippen molar-refractivity contribution in [2.75, 3.05) is 13.2 Å². The number of carbonyl (C=O) groups is 5. The van der Waals surface area contributed by atoms with E-state index < -0.39 is 53.8 Å². The zero-order valence-electron chi connectivity index (χ0n) is 27.2. The summed E-state index contributed by atoms with van der Waals surface area (Å²) in [7, 11) is 0. The molecule has 0 spiro atoms. The van der Waals surface area contributed by atoms with E-state index in [1.807, 2.05) is 72.1 Å². The average Bonchev–Trinajstić information content (AvgIpc) is 3.83. The second-order valence-corrected chi connectivity index (χ2v) is 13.5. The first-order valence-corrected chi connectivity index (χ1v) is 17.4. The van der Waals surface area contributed by atoms with E-state index in [4.69, 9.17) is 4.74 Å². The number of benzene rings is 3. The summed E-state index contributed by atoms with van der Waals surface area (Å²) in [6, 6.07) is 23.6. The minimum atomic E-state index is -1.24. The van der Waals surface area contributed by atoms with Gasteiger partial charge in [0, 0.05) is 30.7 Å². The lowest BCUT2D eigenvalue weighted by atomic mass is 9.99. The van der Waals surface area contributed by atoms with Crippen molar-refractivity contribution in [1.82, 2.24) is 20.9 Å². The third kappa shape index (κ3) is 8.56. The first-order valence-electron chi connectivity index (χ1n) is 16.6. The van der Waals surface area contributed by atoms with Crippen molar-refractivity contribution in [3.63, 3.8) is 0 Å². The molecule has 3 aliphatic heterocycles. The Labute approximate surface area is 293 Å². The molecule has 0 unspecified atom stereocenters. The number of thiophene rings is 1. The highest BCUT2D eigenvalue weighted by atomic mass is 32.1. The number of nitrogens with zero attached hydrogens (tertiary/aromatic N) is 1. The van der Waals surface area contributed by atoms with E-state index in [-0.39, 0.29) is 32.4 Å². The minimum absolute atomic E-state index is 0.00453. The Bertz CT molecular complexity index is 1810. The van der Waals surface area contributed by atoms with Crippen molar-refractivity contribution in [1.29, 1.82) is 0 Å². The first kappa shape index (κ1) is 34.4. The highest BCUT2D eigenvalue weighted by Crippen LogP contribution is 2.23. The van der Waals surface area contributed by atoms with Crippen LogP contribution in [0.5, 0.6) is 5.75 Å². The van der Waals surface area contributed by atoms with Crippen LogP contribution in [0.4, 0.5) is 0 Å². The van der Waals surface area contributed by atoms with Gasteiger partial charge in [-0.1, -0.05) is 72.8 Å². The second kappa shape index (κ2) is 15.8. The van der Waals surface area contributed by atoms with Crippen molar-refractivity contribution in [2.45, 2.75) is 56.3 Å². The summed E-state index contributed by atoms with van der Waals surface area (Å²) < 4.78 is 5.67. The van der Waals surface area contributed by atoms with Gasteiger partial charge in [0.05, 0.1) is 0 Å². The Morgan fingerprint density at radius 3 is 2.24 bits per heavy atom. The van der Waals surface area contributed by atoms with Crippen LogP contribution < -0.4 is 20.7 Å². The van der Waals surface area contributed by atoms with Crippen LogP contribution in [-0.2, 0) is 43.2 Å². The zero-order chi connectivity index (χ0) is 35.0. The Morgan fingerprint density at radius 1 is 0.800 bits per heavy atom. The maximum Gasteiger partial charge on any atom is 0.326 e. The quantitative estimate of drug-likeness (QED) is 0.226. The number of hydrogen-bond acceptors (Lipinski definition) is 7. The van der Waals surface area contributed by atoms with E-state index in [9.17, 15) is 29.1 Å². The van der Waals surface area contributed by atoms with Crippen LogP contribution in [0.15, 0.2) is 96.4 Å². The number of amides is 4. The summed E-state index contributed by atoms with van der Waals surface area (Å²) >= 11 is 1.45. The third-order valence-corrected chi connectivity index (χ3v) is 9.84. The van der Waals surface area contributed by atoms with Crippen molar-refractivity contribution < 1.29 is 33.8 Å². The lowest BCUT2D eigenvalue weighted by Gasteiger charge is -2.30. The van der Waals surface area contributed by atoms with Gasteiger partial charge in [-0.25, -0.2) is 4.79 Å². The normalized spacial score (nSPS) is 21.9. The standard InChI is InChI=1S/C38H38N4O7S/c43-34-23-49-28-16-12-25(13-17-28)21-32(38(47)48)41-36(45)33-9-4-18-42(33)37(46)31(40-35(44)30(39-34)22-29-8-5-19-50-29)20-24-10-14-27(15-11-24)26-6-2-1-3-7-26/h1-3,5-8,10-17,19,30-33H,4,9,18,20-23H2,(H,39,43)(H,40,44)(H,41,45)(H,47,48)/t30-,31-,32-,33-/m0/s1. The molecular weight excluding hydrogens is 657 g/mol. The van der Waals surface area contributed by atoms with Gasteiger partial charge in [0.25, 0.3) is 5.91 Å². The summed E-state index contributed by atoms with van der Waals surface area (Å²) in [6.07, 6.45) is 1.21. The summed E-state index contributed by atoms with van der Waals surface area (Å²) in [5.74, 6) is -2.95. The molecule has 4 amide bonds. The van der Waals surface area contributed by atoms with Crippen molar-refractivity contribution >= 4 is 40.9 Å². The van der Waals surface area contributed by atoms with Crippen molar-refractivity contribution in [3.05, 3.63) is 112 Å². The molecule has 50 heavy (non-hydrogen) atoms. The molecule has 0 aliphatic carbocycles. The monoisotopic (exact) mass is 694 g/mol. The Kier molecular flexibility index (Phi) is 10.9. The van der Waals surface area contributed by atoms with Crippen molar-refractivity contribution in [2.24, 2.45) is 0 Å². The fourth-order valence-electron chi connectivity index (χ4n) is 6.32. The van der Waals surface area contributed by atoms with Gasteiger partial charge in [-0.15, -0.1) is 11.3 Å². The van der Waals surface area contributed by atoms with E-state index >= 15 is 0 Å². The molecule has 1 fully saturated rings. The lowest BCUT2D eigenvalue weighted by Crippen LogP contribution is -2.58. The number of hydrogen-bond donors (Lipinski definition) is 4. The van der Waals surface area contributed by atoms with Crippen LogP contribution in [0.3, 0.4) is 0 Å². The number of aliphatic carboxylic acids is 1. The smallest absolute Gasteiger partial charge is 0.326 e. The molecule has 258 valence electrons. The largest absolute Gasteiger partial charge is 0.484 e. The van der Waals surface area contributed by atoms with Gasteiger partial charge in [-0.05, 0) is 58.7 Å². The number of nitrogens with one attached hydrogen (secondary N) is 3. The molecule has 11 nitrogen and oxygen atoms in total. The van der Waals surface area contributed by atoms with E-state index in [0.29, 0.717) is 24.2 Å². The highest BCUT2D eigenvalue weighted by Gasteiger charge is 2.39. The average molecular weight is 695 g/mol. The van der Waals surface area contributed by atoms with E-state index in [1.54, 1.807) is 24.3 Å². The van der Waals surface area contributed by atoms with E-state index in [2.05, 4.69) is 16.0 Å². The Balaban J connectivity index is 1.31. The molecular formula is C38H38N4O7S. The third-order valence-electron chi connectivity index (χ3n) is 8.94. The number of fused-ring (bicyclic) bond motifs is 13. The number of carboxylic acids is 1. The molecule has 12 heteroatoms. The van der Waals surface area contributed by atoms with Gasteiger partial charge < -0.3 is 30.7 Å². The molecule has 3 aliphatic rings. The number of carbonyl (C=O) groups excluding carboxylic acids is 4. The van der Waals surface area contributed by atoms with Gasteiger partial charge >= 0.3 is 5.97 Å². The van der Waals surface area contributed by atoms with Crippen LogP contribution >= 0.6 is 11.3 Å². The molecule has 4 aromatic rings. The molecule has 4 atom stereocenters. The molecule has 3 aromatic carbocycles. The van der Waals surface area contributed by atoms with Crippen LogP contribution in [0.2, 0.25) is 0 Å². The maximum atomic E-state index is 14.3. The number of ether oxygens (including phenoxy) is 1. The van der Waals surface area contributed by atoms with Gasteiger partial charge in [0.1, 0.15) is 29.9 Å². The molecule has 4 heterocycles. The highest BCUT2D eigenvalue weighted by molar-refractivity contribution is 7.09. The molecule has 0 saturated carbocycles. The lowest BCUT2D eigenvalue weighted by molar-refractivity contribution is -0.145. The van der Waals surface area contributed by atoms with Gasteiger partial charge in [-0.2, -0.15) is 0 Å². The number of rotatable bonds is 6. The summed E-state index contributed by atoms with van der Waals surface area (Å²) in [5, 5.41) is 20.2. The SMILES string of the molecule is O=C1COc2ccc(cc2)C[C@@H](C(=O)O)NC(=O)[C@@H]2CCCN2C(=O)[C@H](Cc2ccc(-c3ccccc3)cc2)NC(=O)[C@H](Cc2cccs2)N1. The van der Waals surface area contributed by atoms with Crippen LogP contribution in [-0.4, -0.2) is 76.9 Å². The van der Waals surface area contributed by atoms with Crippen LogP contribution in [0.25, 0.3) is 11.1 Å². The predicted molar refractivity (Wildman–Crippen MR) is 187 cm³/mol. The maximum absolute atomic E-state index is 14.3. The fraction of sp³-hybridized carbons (Fsp3) is 0.289. The zero-order valence-corrected chi connectivity index (χ0v) is 28.1. The molecule has 1 saturated heterocycles.